The van der Waals surface area contributed by atoms with Crippen molar-refractivity contribution in [2.75, 3.05) is 19.6 Å². The summed E-state index contributed by atoms with van der Waals surface area (Å²) < 4.78 is 4.02. The summed E-state index contributed by atoms with van der Waals surface area (Å²) in [6.45, 7) is 4.51. The van der Waals surface area contributed by atoms with Gasteiger partial charge < -0.3 is 19.1 Å². The standard InChI is InChI=1S/C22H28N4O.2ClH/c23-22-25(16-15-24-13-7-2-8-14-24)19-11-5-6-12-20(19)26(22)17-21(27)18-9-3-1-4-10-18;;/h1,3-6,9-12,21,23,27H,2,7-8,13-17H2;2*1H. The van der Waals surface area contributed by atoms with E-state index >= 15 is 0 Å². The first-order valence-electron chi connectivity index (χ1n) is 9.92. The third-order valence-corrected chi connectivity index (χ3v) is 5.60. The lowest BCUT2D eigenvalue weighted by atomic mass is 10.1. The number of rotatable bonds is 6. The molecule has 1 aliphatic rings. The fourth-order valence-corrected chi connectivity index (χ4v) is 4.08. The maximum atomic E-state index is 10.7. The van der Waals surface area contributed by atoms with E-state index < -0.39 is 6.10 Å². The number of para-hydroxylation sites is 2. The van der Waals surface area contributed by atoms with Gasteiger partial charge in [0, 0.05) is 13.1 Å². The first kappa shape index (κ1) is 23.5. The summed E-state index contributed by atoms with van der Waals surface area (Å²) in [5.74, 6) is 0. The second-order valence-corrected chi connectivity index (χ2v) is 7.40. The Morgan fingerprint density at radius 3 is 2.03 bits per heavy atom. The largest absolute Gasteiger partial charge is 0.387 e. The van der Waals surface area contributed by atoms with E-state index in [1.807, 2.05) is 53.1 Å². The second-order valence-electron chi connectivity index (χ2n) is 7.40. The van der Waals surface area contributed by atoms with Gasteiger partial charge in [-0.3, -0.25) is 5.41 Å². The number of benzene rings is 2. The van der Waals surface area contributed by atoms with E-state index in [2.05, 4.69) is 15.5 Å². The molecular weight excluding hydrogens is 407 g/mol. The van der Waals surface area contributed by atoms with Crippen LogP contribution in [0.1, 0.15) is 30.9 Å². The van der Waals surface area contributed by atoms with Gasteiger partial charge in [0.15, 0.2) is 0 Å². The molecule has 0 amide bonds. The van der Waals surface area contributed by atoms with Crippen LogP contribution in [-0.2, 0) is 13.1 Å². The van der Waals surface area contributed by atoms with Crippen molar-refractivity contribution in [3.8, 4) is 0 Å². The number of nitrogens with zero attached hydrogens (tertiary/aromatic N) is 3. The first-order valence-corrected chi connectivity index (χ1v) is 9.92. The van der Waals surface area contributed by atoms with Crippen molar-refractivity contribution in [3.05, 3.63) is 65.8 Å². The third kappa shape index (κ3) is 5.23. The highest BCUT2D eigenvalue weighted by molar-refractivity contribution is 5.85. The molecule has 158 valence electrons. The Morgan fingerprint density at radius 1 is 0.793 bits per heavy atom. The molecule has 7 heteroatoms. The van der Waals surface area contributed by atoms with Crippen LogP contribution >= 0.6 is 24.8 Å². The fraction of sp³-hybridized carbons (Fsp3) is 0.409. The Morgan fingerprint density at radius 2 is 1.38 bits per heavy atom. The molecular formula is C22H30Cl2N4O. The van der Waals surface area contributed by atoms with Crippen LogP contribution in [-0.4, -0.2) is 38.8 Å². The van der Waals surface area contributed by atoms with Gasteiger partial charge >= 0.3 is 0 Å². The Kier molecular flexibility index (Phi) is 8.78. The topological polar surface area (TPSA) is 57.2 Å². The van der Waals surface area contributed by atoms with Crippen LogP contribution in [0.4, 0.5) is 0 Å². The van der Waals surface area contributed by atoms with E-state index in [1.54, 1.807) is 0 Å². The second kappa shape index (κ2) is 10.8. The van der Waals surface area contributed by atoms with Crippen molar-refractivity contribution in [3.63, 3.8) is 0 Å². The average molecular weight is 437 g/mol. The Hall–Kier alpha value is -1.79. The van der Waals surface area contributed by atoms with Gasteiger partial charge in [-0.2, -0.15) is 0 Å². The molecule has 5 nitrogen and oxygen atoms in total. The van der Waals surface area contributed by atoms with Crippen LogP contribution in [0.3, 0.4) is 0 Å². The number of nitrogens with one attached hydrogen (secondary N) is 1. The van der Waals surface area contributed by atoms with E-state index in [0.717, 1.165) is 29.7 Å². The van der Waals surface area contributed by atoms with Gasteiger partial charge in [0.25, 0.3) is 0 Å². The number of hydrogen-bond acceptors (Lipinski definition) is 3. The SMILES string of the molecule is Cl.Cl.N=c1n(CCN2CCCCC2)c2ccccc2n1CC(O)c1ccccc1. The van der Waals surface area contributed by atoms with Crippen LogP contribution in [0.5, 0.6) is 0 Å². The van der Waals surface area contributed by atoms with Crippen LogP contribution in [0, 0.1) is 5.41 Å². The molecule has 1 atom stereocenters. The lowest BCUT2D eigenvalue weighted by molar-refractivity contribution is 0.155. The van der Waals surface area contributed by atoms with Gasteiger partial charge in [-0.05, 0) is 43.6 Å². The van der Waals surface area contributed by atoms with E-state index in [9.17, 15) is 5.11 Å². The molecule has 0 radical (unpaired) electrons. The minimum absolute atomic E-state index is 0. The molecule has 2 heterocycles. The molecule has 1 unspecified atom stereocenters. The lowest BCUT2D eigenvalue weighted by Gasteiger charge is -2.26. The predicted molar refractivity (Wildman–Crippen MR) is 122 cm³/mol. The van der Waals surface area contributed by atoms with Crippen LogP contribution in [0.25, 0.3) is 11.0 Å². The number of fused-ring (bicyclic) bond motifs is 1. The summed E-state index contributed by atoms with van der Waals surface area (Å²) in [6, 6.07) is 17.8. The van der Waals surface area contributed by atoms with Crippen molar-refractivity contribution < 1.29 is 5.11 Å². The van der Waals surface area contributed by atoms with Crippen LogP contribution < -0.4 is 5.62 Å². The highest BCUT2D eigenvalue weighted by atomic mass is 35.5. The summed E-state index contributed by atoms with van der Waals surface area (Å²) in [4.78, 5) is 2.50. The zero-order valence-corrected chi connectivity index (χ0v) is 18.2. The molecule has 1 aliphatic heterocycles. The van der Waals surface area contributed by atoms with Crippen LogP contribution in [0.15, 0.2) is 54.6 Å². The number of aromatic nitrogens is 2. The maximum Gasteiger partial charge on any atom is 0.203 e. The zero-order valence-electron chi connectivity index (χ0n) is 16.5. The number of aliphatic hydroxyl groups excluding tert-OH is 1. The Balaban J connectivity index is 0.00000150. The monoisotopic (exact) mass is 436 g/mol. The molecule has 4 rings (SSSR count). The van der Waals surface area contributed by atoms with Crippen molar-refractivity contribution >= 4 is 35.8 Å². The van der Waals surface area contributed by atoms with Crippen molar-refractivity contribution in [1.29, 1.82) is 5.41 Å². The Bertz CT molecular complexity index is 948. The third-order valence-electron chi connectivity index (χ3n) is 5.60. The molecule has 0 spiro atoms. The average Bonchev–Trinajstić information content (AvgIpc) is 2.99. The molecule has 0 aliphatic carbocycles. The number of imidazole rings is 1. The molecule has 2 aromatic carbocycles. The number of aliphatic hydroxyl groups is 1. The van der Waals surface area contributed by atoms with Crippen molar-refractivity contribution in [2.45, 2.75) is 38.5 Å². The van der Waals surface area contributed by atoms with E-state index in [4.69, 9.17) is 5.41 Å². The van der Waals surface area contributed by atoms with Gasteiger partial charge in [0.1, 0.15) is 0 Å². The minimum Gasteiger partial charge on any atom is -0.387 e. The molecule has 2 N–H and O–H groups in total. The van der Waals surface area contributed by atoms with Crippen molar-refractivity contribution in [2.24, 2.45) is 0 Å². The van der Waals surface area contributed by atoms with Gasteiger partial charge in [0.05, 0.1) is 23.7 Å². The lowest BCUT2D eigenvalue weighted by Crippen LogP contribution is -2.35. The van der Waals surface area contributed by atoms with Gasteiger partial charge in [-0.25, -0.2) is 0 Å². The predicted octanol–water partition coefficient (Wildman–Crippen LogP) is 3.99. The normalized spacial score (nSPS) is 15.5. The van der Waals surface area contributed by atoms with E-state index in [1.165, 1.54) is 32.4 Å². The molecule has 1 fully saturated rings. The maximum absolute atomic E-state index is 10.7. The molecule has 0 bridgehead atoms. The summed E-state index contributed by atoms with van der Waals surface area (Å²) in [5, 5.41) is 19.4. The number of piperidine rings is 1. The quantitative estimate of drug-likeness (QED) is 0.613. The van der Waals surface area contributed by atoms with Gasteiger partial charge in [-0.1, -0.05) is 48.9 Å². The summed E-state index contributed by atoms with van der Waals surface area (Å²) in [6.07, 6.45) is 3.28. The Labute approximate surface area is 184 Å². The highest BCUT2D eigenvalue weighted by Gasteiger charge is 2.16. The highest BCUT2D eigenvalue weighted by Crippen LogP contribution is 2.19. The van der Waals surface area contributed by atoms with E-state index in [-0.39, 0.29) is 24.8 Å². The number of hydrogen-bond donors (Lipinski definition) is 2. The molecule has 1 aromatic heterocycles. The summed E-state index contributed by atoms with van der Waals surface area (Å²) in [7, 11) is 0. The minimum atomic E-state index is -0.623. The number of halogens is 2. The first-order chi connectivity index (χ1) is 13.2. The number of likely N-dealkylation sites (tertiary alicyclic amines) is 1. The van der Waals surface area contributed by atoms with Gasteiger partial charge in [0.2, 0.25) is 5.62 Å². The van der Waals surface area contributed by atoms with Crippen molar-refractivity contribution in [1.82, 2.24) is 14.0 Å². The molecule has 0 saturated carbocycles. The summed E-state index contributed by atoms with van der Waals surface area (Å²) in [5.41, 5.74) is 3.42. The smallest absolute Gasteiger partial charge is 0.203 e. The van der Waals surface area contributed by atoms with Crippen LogP contribution in [0.2, 0.25) is 0 Å². The fourth-order valence-electron chi connectivity index (χ4n) is 4.08. The summed E-state index contributed by atoms with van der Waals surface area (Å²) >= 11 is 0. The molecule has 3 aromatic rings. The van der Waals surface area contributed by atoms with Gasteiger partial charge in [-0.15, -0.1) is 24.8 Å². The molecule has 1 saturated heterocycles. The zero-order chi connectivity index (χ0) is 18.6. The van der Waals surface area contributed by atoms with E-state index in [0.29, 0.717) is 12.2 Å². The molecule has 29 heavy (non-hydrogen) atoms.